The summed E-state index contributed by atoms with van der Waals surface area (Å²) in [5, 5.41) is 9.78. The van der Waals surface area contributed by atoms with E-state index < -0.39 is 11.8 Å². The minimum Gasteiger partial charge on any atom is -0.351 e. The lowest BCUT2D eigenvalue weighted by molar-refractivity contribution is -0.143. The summed E-state index contributed by atoms with van der Waals surface area (Å²) < 4.78 is 0. The number of rotatable bonds is 0. The first kappa shape index (κ1) is 6.90. The molecule has 46 valence electrons. The van der Waals surface area contributed by atoms with Crippen LogP contribution in [0.1, 0.15) is 0 Å². The van der Waals surface area contributed by atoms with Crippen molar-refractivity contribution in [3.05, 3.63) is 0 Å². The Morgan fingerprint density at radius 2 is 1.88 bits per heavy atom. The SMILES string of the molecule is CNC(=O)C(=O)NO. The van der Waals surface area contributed by atoms with Gasteiger partial charge in [0.25, 0.3) is 0 Å². The summed E-state index contributed by atoms with van der Waals surface area (Å²) in [7, 11) is 1.29. The van der Waals surface area contributed by atoms with Crippen LogP contribution < -0.4 is 10.8 Å². The Labute approximate surface area is 45.6 Å². The molecule has 0 aliphatic heterocycles. The molecule has 0 rings (SSSR count). The highest BCUT2D eigenvalue weighted by Crippen LogP contribution is 1.59. The number of carbonyl (C=O) groups is 2. The largest absolute Gasteiger partial charge is 0.351 e. The first-order valence-electron chi connectivity index (χ1n) is 1.88. The lowest BCUT2D eigenvalue weighted by atomic mass is 10.6. The van der Waals surface area contributed by atoms with Crippen molar-refractivity contribution in [2.75, 3.05) is 7.05 Å². The Bertz CT molecular complexity index is 97.1. The molecule has 0 aromatic rings. The molecule has 0 radical (unpaired) electrons. The van der Waals surface area contributed by atoms with E-state index in [0.29, 0.717) is 0 Å². The zero-order valence-corrected chi connectivity index (χ0v) is 4.26. The Morgan fingerprint density at radius 1 is 1.38 bits per heavy atom. The van der Waals surface area contributed by atoms with Crippen molar-refractivity contribution in [1.29, 1.82) is 0 Å². The lowest BCUT2D eigenvalue weighted by Gasteiger charge is -1.92. The van der Waals surface area contributed by atoms with Gasteiger partial charge in [0.1, 0.15) is 0 Å². The molecule has 0 heterocycles. The highest BCUT2D eigenvalue weighted by Gasteiger charge is 2.07. The molecule has 0 aliphatic carbocycles. The molecular weight excluding hydrogens is 112 g/mol. The number of likely N-dealkylation sites (N-methyl/N-ethyl adjacent to an activating group) is 1. The predicted octanol–water partition coefficient (Wildman–Crippen LogP) is -1.76. The number of hydrogen-bond acceptors (Lipinski definition) is 3. The summed E-state index contributed by atoms with van der Waals surface area (Å²) in [5.74, 6) is -1.93. The molecule has 0 fully saturated rings. The maximum atomic E-state index is 10.1. The molecule has 5 heteroatoms. The van der Waals surface area contributed by atoms with Crippen LogP contribution in [-0.2, 0) is 9.59 Å². The summed E-state index contributed by atoms with van der Waals surface area (Å²) in [6, 6.07) is 0. The highest BCUT2D eigenvalue weighted by molar-refractivity contribution is 6.34. The van der Waals surface area contributed by atoms with E-state index in [4.69, 9.17) is 5.21 Å². The summed E-state index contributed by atoms with van der Waals surface area (Å²) in [5.41, 5.74) is 1.16. The molecule has 0 spiro atoms. The Kier molecular flexibility index (Phi) is 2.57. The van der Waals surface area contributed by atoms with Gasteiger partial charge in [0.15, 0.2) is 0 Å². The molecular formula is C3H6N2O3. The quantitative estimate of drug-likeness (QED) is 0.200. The van der Waals surface area contributed by atoms with Crippen molar-refractivity contribution in [2.24, 2.45) is 0 Å². The van der Waals surface area contributed by atoms with Crippen LogP contribution in [-0.4, -0.2) is 24.1 Å². The van der Waals surface area contributed by atoms with Crippen LogP contribution in [0.2, 0.25) is 0 Å². The zero-order valence-electron chi connectivity index (χ0n) is 4.26. The van der Waals surface area contributed by atoms with Crippen LogP contribution in [0.4, 0.5) is 0 Å². The van der Waals surface area contributed by atoms with Gasteiger partial charge in [-0.05, 0) is 0 Å². The monoisotopic (exact) mass is 118 g/mol. The fourth-order valence-electron chi connectivity index (χ4n) is 0.164. The van der Waals surface area contributed by atoms with E-state index in [2.05, 4.69) is 0 Å². The first-order valence-corrected chi connectivity index (χ1v) is 1.88. The molecule has 0 aromatic carbocycles. The van der Waals surface area contributed by atoms with Gasteiger partial charge in [-0.25, -0.2) is 5.48 Å². The number of hydrogen-bond donors (Lipinski definition) is 3. The van der Waals surface area contributed by atoms with Crippen LogP contribution in [0.5, 0.6) is 0 Å². The van der Waals surface area contributed by atoms with E-state index in [-0.39, 0.29) is 0 Å². The Morgan fingerprint density at radius 3 is 2.00 bits per heavy atom. The maximum Gasteiger partial charge on any atom is 0.332 e. The summed E-state index contributed by atoms with van der Waals surface area (Å²) >= 11 is 0. The second-order valence-corrected chi connectivity index (χ2v) is 1.02. The van der Waals surface area contributed by atoms with Crippen molar-refractivity contribution in [3.8, 4) is 0 Å². The molecule has 0 bridgehead atoms. The molecule has 0 saturated carbocycles. The van der Waals surface area contributed by atoms with E-state index >= 15 is 0 Å². The number of carbonyl (C=O) groups excluding carboxylic acids is 2. The van der Waals surface area contributed by atoms with Gasteiger partial charge in [-0.3, -0.25) is 14.8 Å². The number of hydroxylamine groups is 1. The van der Waals surface area contributed by atoms with Gasteiger partial charge in [-0.1, -0.05) is 0 Å². The van der Waals surface area contributed by atoms with Crippen molar-refractivity contribution in [3.63, 3.8) is 0 Å². The van der Waals surface area contributed by atoms with Gasteiger partial charge in [-0.15, -0.1) is 0 Å². The third-order valence-electron chi connectivity index (χ3n) is 0.535. The molecule has 2 amide bonds. The van der Waals surface area contributed by atoms with Gasteiger partial charge in [-0.2, -0.15) is 0 Å². The van der Waals surface area contributed by atoms with E-state index in [1.54, 1.807) is 0 Å². The molecule has 0 aromatic heterocycles. The minimum atomic E-state index is -1.06. The topological polar surface area (TPSA) is 78.4 Å². The third-order valence-corrected chi connectivity index (χ3v) is 0.535. The van der Waals surface area contributed by atoms with Gasteiger partial charge in [0.2, 0.25) is 0 Å². The molecule has 0 aliphatic rings. The van der Waals surface area contributed by atoms with Gasteiger partial charge in [0, 0.05) is 7.05 Å². The first-order chi connectivity index (χ1) is 3.72. The minimum absolute atomic E-state index is 0.868. The van der Waals surface area contributed by atoms with E-state index in [1.807, 2.05) is 5.32 Å². The third kappa shape index (κ3) is 1.57. The maximum absolute atomic E-state index is 10.1. The van der Waals surface area contributed by atoms with Crippen molar-refractivity contribution in [1.82, 2.24) is 10.8 Å². The zero-order chi connectivity index (χ0) is 6.57. The van der Waals surface area contributed by atoms with Gasteiger partial charge in [0.05, 0.1) is 0 Å². The van der Waals surface area contributed by atoms with E-state index in [1.165, 1.54) is 7.05 Å². The lowest BCUT2D eigenvalue weighted by Crippen LogP contribution is -2.36. The Balaban J connectivity index is 3.64. The van der Waals surface area contributed by atoms with Crippen LogP contribution >= 0.6 is 0 Å². The molecule has 0 atom stereocenters. The van der Waals surface area contributed by atoms with Crippen LogP contribution in [0.3, 0.4) is 0 Å². The van der Waals surface area contributed by atoms with Gasteiger partial charge >= 0.3 is 11.8 Å². The average Bonchev–Trinajstić information content (AvgIpc) is 1.84. The summed E-state index contributed by atoms with van der Waals surface area (Å²) in [4.78, 5) is 20.0. The van der Waals surface area contributed by atoms with E-state index in [0.717, 1.165) is 5.48 Å². The number of amides is 2. The fourth-order valence-corrected chi connectivity index (χ4v) is 0.164. The second-order valence-electron chi connectivity index (χ2n) is 1.02. The average molecular weight is 118 g/mol. The normalized spacial score (nSPS) is 7.75. The molecule has 0 unspecified atom stereocenters. The summed E-state index contributed by atoms with van der Waals surface area (Å²) in [6.07, 6.45) is 0. The molecule has 0 saturated heterocycles. The fraction of sp³-hybridized carbons (Fsp3) is 0.333. The highest BCUT2D eigenvalue weighted by atomic mass is 16.5. The smallest absolute Gasteiger partial charge is 0.332 e. The molecule has 8 heavy (non-hydrogen) atoms. The summed E-state index contributed by atoms with van der Waals surface area (Å²) in [6.45, 7) is 0. The van der Waals surface area contributed by atoms with Crippen molar-refractivity contribution < 1.29 is 14.8 Å². The Hall–Kier alpha value is -1.10. The van der Waals surface area contributed by atoms with Crippen molar-refractivity contribution in [2.45, 2.75) is 0 Å². The van der Waals surface area contributed by atoms with Crippen LogP contribution in [0.15, 0.2) is 0 Å². The number of nitrogens with one attached hydrogen (secondary N) is 2. The molecule has 5 nitrogen and oxygen atoms in total. The predicted molar refractivity (Wildman–Crippen MR) is 24.0 cm³/mol. The van der Waals surface area contributed by atoms with Crippen LogP contribution in [0, 0.1) is 0 Å². The van der Waals surface area contributed by atoms with Crippen LogP contribution in [0.25, 0.3) is 0 Å². The van der Waals surface area contributed by atoms with Crippen molar-refractivity contribution >= 4 is 11.8 Å². The molecule has 3 N–H and O–H groups in total. The van der Waals surface area contributed by atoms with E-state index in [9.17, 15) is 9.59 Å². The standard InChI is InChI=1S/C3H6N2O3/c1-4-2(6)3(7)5-8/h8H,1H3,(H,4,6)(H,5,7). The van der Waals surface area contributed by atoms with Gasteiger partial charge < -0.3 is 5.32 Å². The second kappa shape index (κ2) is 2.98.